The minimum absolute atomic E-state index is 0.186. The Morgan fingerprint density at radius 3 is 2.35 bits per heavy atom. The van der Waals surface area contributed by atoms with Crippen molar-refractivity contribution in [2.24, 2.45) is 4.99 Å². The zero-order chi connectivity index (χ0) is 23.9. The maximum absolute atomic E-state index is 14.1. The number of rotatable bonds is 5. The number of nitrogens with zero attached hydrogens (tertiary/aromatic N) is 3. The summed E-state index contributed by atoms with van der Waals surface area (Å²) >= 11 is 0. The number of guanidine groups is 1. The molecule has 6 nitrogen and oxygen atoms in total. The van der Waals surface area contributed by atoms with Crippen LogP contribution < -0.4 is 10.1 Å². The monoisotopic (exact) mass is 460 g/mol. The normalized spacial score (nSPS) is 14.7. The van der Waals surface area contributed by atoms with Crippen LogP contribution in [0.25, 0.3) is 0 Å². The van der Waals surface area contributed by atoms with Gasteiger partial charge in [-0.05, 0) is 37.3 Å². The first-order chi connectivity index (χ1) is 16.5. The fraction of sp³-hybridized carbons (Fsp3) is 0.259. The van der Waals surface area contributed by atoms with Crippen LogP contribution in [0.4, 0.5) is 10.1 Å². The van der Waals surface area contributed by atoms with Crippen molar-refractivity contribution in [1.82, 2.24) is 15.1 Å². The number of hydrogen-bond acceptors (Lipinski definition) is 4. The molecule has 7 heteroatoms. The van der Waals surface area contributed by atoms with E-state index >= 15 is 0 Å². The molecule has 0 saturated carbocycles. The van der Waals surface area contributed by atoms with Crippen LogP contribution in [0.2, 0.25) is 0 Å². The molecule has 3 aromatic rings. The third kappa shape index (κ3) is 5.80. The van der Waals surface area contributed by atoms with Gasteiger partial charge in [0.15, 0.2) is 0 Å². The average Bonchev–Trinajstić information content (AvgIpc) is 2.86. The van der Waals surface area contributed by atoms with E-state index in [1.807, 2.05) is 55.5 Å². The second kappa shape index (κ2) is 10.9. The maximum Gasteiger partial charge on any atom is 0.257 e. The molecule has 3 aromatic carbocycles. The molecule has 0 radical (unpaired) electrons. The highest BCUT2D eigenvalue weighted by molar-refractivity contribution is 6.06. The SMILES string of the molecule is COc1ccccc1N=C(NC(=O)c1ccc(C)cc1)N1CCN(Cc2ccccc2F)CC1. The van der Waals surface area contributed by atoms with Gasteiger partial charge >= 0.3 is 0 Å². The summed E-state index contributed by atoms with van der Waals surface area (Å²) in [6.45, 7) is 5.28. The molecular weight excluding hydrogens is 431 g/mol. The molecule has 1 aliphatic rings. The van der Waals surface area contributed by atoms with E-state index in [2.05, 4.69) is 15.1 Å². The number of ether oxygens (including phenoxy) is 1. The van der Waals surface area contributed by atoms with Gasteiger partial charge in [0.1, 0.15) is 17.3 Å². The van der Waals surface area contributed by atoms with E-state index in [0.717, 1.165) is 18.7 Å². The highest BCUT2D eigenvalue weighted by Crippen LogP contribution is 2.27. The molecule has 0 atom stereocenters. The number of benzene rings is 3. The number of halogens is 1. The predicted octanol–water partition coefficient (Wildman–Crippen LogP) is 4.38. The van der Waals surface area contributed by atoms with Gasteiger partial charge in [-0.3, -0.25) is 15.0 Å². The van der Waals surface area contributed by atoms with E-state index < -0.39 is 0 Å². The minimum Gasteiger partial charge on any atom is -0.494 e. The van der Waals surface area contributed by atoms with Crippen LogP contribution in [-0.4, -0.2) is 55.0 Å². The lowest BCUT2D eigenvalue weighted by atomic mass is 10.1. The number of nitrogens with one attached hydrogen (secondary N) is 1. The molecular formula is C27H29FN4O2. The highest BCUT2D eigenvalue weighted by atomic mass is 19.1. The van der Waals surface area contributed by atoms with Crippen LogP contribution in [0.15, 0.2) is 77.8 Å². The van der Waals surface area contributed by atoms with Crippen molar-refractivity contribution >= 4 is 17.6 Å². The van der Waals surface area contributed by atoms with Crippen molar-refractivity contribution in [2.45, 2.75) is 13.5 Å². The van der Waals surface area contributed by atoms with E-state index in [-0.39, 0.29) is 11.7 Å². The summed E-state index contributed by atoms with van der Waals surface area (Å²) in [6, 6.07) is 21.7. The lowest BCUT2D eigenvalue weighted by molar-refractivity contribution is 0.0967. The molecule has 1 aliphatic heterocycles. The third-order valence-corrected chi connectivity index (χ3v) is 5.87. The summed E-state index contributed by atoms with van der Waals surface area (Å²) in [7, 11) is 1.60. The molecule has 1 N–H and O–H groups in total. The molecule has 1 heterocycles. The standard InChI is InChI=1S/C27H29FN4O2/c1-20-11-13-21(14-12-20)26(33)30-27(29-24-9-5-6-10-25(24)34-2)32-17-15-31(16-18-32)19-22-7-3-4-8-23(22)28/h3-14H,15-19H2,1-2H3,(H,29,30,33). The van der Waals surface area contributed by atoms with Gasteiger partial charge in [-0.1, -0.05) is 48.0 Å². The first-order valence-electron chi connectivity index (χ1n) is 11.3. The van der Waals surface area contributed by atoms with Crippen molar-refractivity contribution in [3.05, 3.63) is 95.3 Å². The molecule has 34 heavy (non-hydrogen) atoms. The number of amides is 1. The van der Waals surface area contributed by atoms with E-state index in [1.54, 1.807) is 25.3 Å². The van der Waals surface area contributed by atoms with E-state index in [9.17, 15) is 9.18 Å². The average molecular weight is 461 g/mol. The largest absolute Gasteiger partial charge is 0.494 e. The summed E-state index contributed by atoms with van der Waals surface area (Å²) in [5.74, 6) is 0.694. The van der Waals surface area contributed by atoms with Crippen molar-refractivity contribution in [2.75, 3.05) is 33.3 Å². The van der Waals surface area contributed by atoms with Crippen LogP contribution in [0, 0.1) is 12.7 Å². The number of piperazine rings is 1. The number of carbonyl (C=O) groups is 1. The van der Waals surface area contributed by atoms with Gasteiger partial charge in [0.05, 0.1) is 7.11 Å². The second-order valence-electron chi connectivity index (χ2n) is 8.28. The van der Waals surface area contributed by atoms with Gasteiger partial charge in [-0.15, -0.1) is 0 Å². The van der Waals surface area contributed by atoms with Gasteiger partial charge < -0.3 is 9.64 Å². The maximum atomic E-state index is 14.1. The lowest BCUT2D eigenvalue weighted by Crippen LogP contribution is -2.53. The summed E-state index contributed by atoms with van der Waals surface area (Å²) in [6.07, 6.45) is 0. The number of para-hydroxylation sites is 2. The number of hydrogen-bond donors (Lipinski definition) is 1. The van der Waals surface area contributed by atoms with Crippen LogP contribution in [0.5, 0.6) is 5.75 Å². The first-order valence-corrected chi connectivity index (χ1v) is 11.3. The summed E-state index contributed by atoms with van der Waals surface area (Å²) in [5.41, 5.74) is 2.98. The zero-order valence-electron chi connectivity index (χ0n) is 19.5. The lowest BCUT2D eigenvalue weighted by Gasteiger charge is -2.36. The van der Waals surface area contributed by atoms with Crippen molar-refractivity contribution < 1.29 is 13.9 Å². The summed E-state index contributed by atoms with van der Waals surface area (Å²) < 4.78 is 19.5. The van der Waals surface area contributed by atoms with E-state index in [0.29, 0.717) is 48.2 Å². The van der Waals surface area contributed by atoms with Gasteiger partial charge in [0, 0.05) is 43.9 Å². The Hall–Kier alpha value is -3.71. The Bertz CT molecular complexity index is 1160. The number of aliphatic imine (C=N–C) groups is 1. The summed E-state index contributed by atoms with van der Waals surface area (Å²) in [5, 5.41) is 3.00. The Morgan fingerprint density at radius 1 is 0.971 bits per heavy atom. The molecule has 0 aromatic heterocycles. The quantitative estimate of drug-likeness (QED) is 0.454. The molecule has 176 valence electrons. The smallest absolute Gasteiger partial charge is 0.257 e. The molecule has 0 unspecified atom stereocenters. The molecule has 0 bridgehead atoms. The van der Waals surface area contributed by atoms with Crippen molar-refractivity contribution in [3.8, 4) is 5.75 Å². The Labute approximate surface area is 199 Å². The second-order valence-corrected chi connectivity index (χ2v) is 8.28. The van der Waals surface area contributed by atoms with Crippen LogP contribution in [0.3, 0.4) is 0 Å². The Balaban J connectivity index is 1.52. The summed E-state index contributed by atoms with van der Waals surface area (Å²) in [4.78, 5) is 22.0. The Kier molecular flexibility index (Phi) is 7.54. The van der Waals surface area contributed by atoms with Crippen molar-refractivity contribution in [3.63, 3.8) is 0 Å². The van der Waals surface area contributed by atoms with E-state index in [1.165, 1.54) is 6.07 Å². The molecule has 0 spiro atoms. The van der Waals surface area contributed by atoms with Crippen LogP contribution in [-0.2, 0) is 6.54 Å². The number of carbonyl (C=O) groups excluding carboxylic acids is 1. The molecule has 4 rings (SSSR count). The predicted molar refractivity (Wildman–Crippen MR) is 132 cm³/mol. The third-order valence-electron chi connectivity index (χ3n) is 5.87. The number of aryl methyl sites for hydroxylation is 1. The zero-order valence-corrected chi connectivity index (χ0v) is 19.5. The van der Waals surface area contributed by atoms with Crippen molar-refractivity contribution in [1.29, 1.82) is 0 Å². The topological polar surface area (TPSA) is 57.2 Å². The minimum atomic E-state index is -0.220. The molecule has 1 amide bonds. The highest BCUT2D eigenvalue weighted by Gasteiger charge is 2.23. The van der Waals surface area contributed by atoms with Gasteiger partial charge in [-0.25, -0.2) is 9.38 Å². The van der Waals surface area contributed by atoms with Crippen LogP contribution in [0.1, 0.15) is 21.5 Å². The molecule has 1 saturated heterocycles. The van der Waals surface area contributed by atoms with Crippen LogP contribution >= 0.6 is 0 Å². The van der Waals surface area contributed by atoms with Gasteiger partial charge in [-0.2, -0.15) is 0 Å². The fourth-order valence-corrected chi connectivity index (χ4v) is 3.88. The number of methoxy groups -OCH3 is 1. The first kappa shape index (κ1) is 23.4. The van der Waals surface area contributed by atoms with Gasteiger partial charge in [0.25, 0.3) is 5.91 Å². The molecule has 1 fully saturated rings. The molecule has 0 aliphatic carbocycles. The Morgan fingerprint density at radius 2 is 1.65 bits per heavy atom. The van der Waals surface area contributed by atoms with Gasteiger partial charge in [0.2, 0.25) is 5.96 Å². The van der Waals surface area contributed by atoms with E-state index in [4.69, 9.17) is 9.73 Å². The fourth-order valence-electron chi connectivity index (χ4n) is 3.88.